The highest BCUT2D eigenvalue weighted by atomic mass is 16.5. The Morgan fingerprint density at radius 2 is 1.88 bits per heavy atom. The molecule has 1 saturated heterocycles. The lowest BCUT2D eigenvalue weighted by molar-refractivity contribution is -0.132. The van der Waals surface area contributed by atoms with E-state index in [1.165, 1.54) is 0 Å². The van der Waals surface area contributed by atoms with Crippen molar-refractivity contribution in [2.45, 2.75) is 19.1 Å². The second-order valence-electron chi connectivity index (χ2n) is 3.96. The van der Waals surface area contributed by atoms with Crippen LogP contribution < -0.4 is 0 Å². The van der Waals surface area contributed by atoms with Crippen molar-refractivity contribution in [3.63, 3.8) is 0 Å². The molecule has 5 heteroatoms. The number of hydrogen-bond donors (Lipinski definition) is 1. The van der Waals surface area contributed by atoms with Crippen molar-refractivity contribution in [3.05, 3.63) is 11.6 Å². The van der Waals surface area contributed by atoms with Gasteiger partial charge in [-0.1, -0.05) is 6.08 Å². The van der Waals surface area contributed by atoms with Crippen molar-refractivity contribution in [1.82, 2.24) is 4.90 Å². The van der Waals surface area contributed by atoms with E-state index < -0.39 is 5.97 Å². The van der Waals surface area contributed by atoms with E-state index in [0.29, 0.717) is 12.1 Å². The van der Waals surface area contributed by atoms with E-state index >= 15 is 0 Å². The van der Waals surface area contributed by atoms with Gasteiger partial charge in [-0.15, -0.1) is 0 Å². The number of carboxylic acid groups (broad SMARTS) is 1. The summed E-state index contributed by atoms with van der Waals surface area (Å²) in [6.45, 7) is 3.77. The summed E-state index contributed by atoms with van der Waals surface area (Å²) >= 11 is 0. The summed E-state index contributed by atoms with van der Waals surface area (Å²) in [6.07, 6.45) is 1.86. The predicted octanol–water partition coefficient (Wildman–Crippen LogP) is 0.363. The van der Waals surface area contributed by atoms with Gasteiger partial charge in [0.15, 0.2) is 0 Å². The van der Waals surface area contributed by atoms with Gasteiger partial charge in [0.05, 0.1) is 12.2 Å². The Hall–Kier alpha value is -0.910. The Labute approximate surface area is 95.6 Å². The first-order valence-electron chi connectivity index (χ1n) is 5.26. The van der Waals surface area contributed by atoms with Crippen molar-refractivity contribution in [2.24, 2.45) is 0 Å². The first-order valence-corrected chi connectivity index (χ1v) is 5.26. The minimum atomic E-state index is -0.870. The van der Waals surface area contributed by atoms with Crippen molar-refractivity contribution in [2.75, 3.05) is 33.9 Å². The molecule has 1 N–H and O–H groups in total. The van der Waals surface area contributed by atoms with E-state index in [2.05, 4.69) is 4.90 Å². The van der Waals surface area contributed by atoms with Gasteiger partial charge >= 0.3 is 5.97 Å². The molecule has 2 unspecified atom stereocenters. The molecule has 1 fully saturated rings. The molecule has 16 heavy (non-hydrogen) atoms. The summed E-state index contributed by atoms with van der Waals surface area (Å²) in [5.41, 5.74) is 0.370. The maximum Gasteiger partial charge on any atom is 0.330 e. The zero-order valence-corrected chi connectivity index (χ0v) is 9.97. The molecular weight excluding hydrogens is 210 g/mol. The van der Waals surface area contributed by atoms with Crippen LogP contribution in [-0.4, -0.2) is 62.0 Å². The highest BCUT2D eigenvalue weighted by Gasteiger charge is 2.32. The molecule has 0 spiro atoms. The first-order chi connectivity index (χ1) is 7.58. The maximum absolute atomic E-state index is 10.6. The van der Waals surface area contributed by atoms with Crippen molar-refractivity contribution >= 4 is 5.97 Å². The summed E-state index contributed by atoms with van der Waals surface area (Å²) in [5.74, 6) is -0.870. The van der Waals surface area contributed by atoms with Gasteiger partial charge in [-0.05, 0) is 6.92 Å². The smallest absolute Gasteiger partial charge is 0.330 e. The second-order valence-corrected chi connectivity index (χ2v) is 3.96. The molecule has 2 atom stereocenters. The Bertz CT molecular complexity index is 265. The van der Waals surface area contributed by atoms with Crippen molar-refractivity contribution in [1.29, 1.82) is 0 Å². The fourth-order valence-electron chi connectivity index (χ4n) is 1.77. The number of methoxy groups -OCH3 is 2. The van der Waals surface area contributed by atoms with Crippen LogP contribution >= 0.6 is 0 Å². The molecule has 0 radical (unpaired) electrons. The van der Waals surface area contributed by atoms with Crippen LogP contribution in [0.1, 0.15) is 6.92 Å². The van der Waals surface area contributed by atoms with E-state index in [1.54, 1.807) is 27.2 Å². The molecule has 0 bridgehead atoms. The lowest BCUT2D eigenvalue weighted by atomic mass is 10.3. The van der Waals surface area contributed by atoms with E-state index in [1.807, 2.05) is 0 Å². The maximum atomic E-state index is 10.6. The van der Waals surface area contributed by atoms with Gasteiger partial charge in [-0.3, -0.25) is 4.90 Å². The van der Waals surface area contributed by atoms with Crippen LogP contribution in [0.4, 0.5) is 0 Å². The first kappa shape index (κ1) is 13.2. The van der Waals surface area contributed by atoms with Gasteiger partial charge in [0.1, 0.15) is 0 Å². The van der Waals surface area contributed by atoms with Gasteiger partial charge < -0.3 is 14.6 Å². The highest BCUT2D eigenvalue weighted by molar-refractivity contribution is 5.85. The molecule has 0 aromatic rings. The fraction of sp³-hybridized carbons (Fsp3) is 0.727. The summed E-state index contributed by atoms with van der Waals surface area (Å²) in [6, 6.07) is 0. The number of carboxylic acids is 1. The van der Waals surface area contributed by atoms with E-state index in [-0.39, 0.29) is 12.2 Å². The van der Waals surface area contributed by atoms with Crippen LogP contribution in [0.25, 0.3) is 0 Å². The van der Waals surface area contributed by atoms with Crippen LogP contribution in [0.2, 0.25) is 0 Å². The Balaban J connectivity index is 2.47. The third-order valence-electron chi connectivity index (χ3n) is 2.89. The van der Waals surface area contributed by atoms with Gasteiger partial charge in [-0.25, -0.2) is 4.79 Å². The van der Waals surface area contributed by atoms with Gasteiger partial charge in [0, 0.05) is 39.4 Å². The summed E-state index contributed by atoms with van der Waals surface area (Å²) in [4.78, 5) is 12.7. The molecular formula is C11H19NO4. The number of ether oxygens (including phenoxy) is 2. The zero-order valence-electron chi connectivity index (χ0n) is 9.97. The molecule has 1 rings (SSSR count). The molecule has 0 aromatic heterocycles. The standard InChI is InChI=1S/C11H19NO4/c1-8(11(13)14)4-5-12-6-9(15-2)10(7-12)16-3/h4,9-10H,5-7H2,1-3H3,(H,13,14)/b8-4-. The lowest BCUT2D eigenvalue weighted by Crippen LogP contribution is -2.27. The van der Waals surface area contributed by atoms with Gasteiger partial charge in [-0.2, -0.15) is 0 Å². The predicted molar refractivity (Wildman–Crippen MR) is 59.4 cm³/mol. The minimum Gasteiger partial charge on any atom is -0.478 e. The molecule has 92 valence electrons. The van der Waals surface area contributed by atoms with Crippen LogP contribution in [0.5, 0.6) is 0 Å². The topological polar surface area (TPSA) is 59.0 Å². The third-order valence-corrected chi connectivity index (χ3v) is 2.89. The minimum absolute atomic E-state index is 0.0727. The largest absolute Gasteiger partial charge is 0.478 e. The monoisotopic (exact) mass is 229 g/mol. The number of likely N-dealkylation sites (tertiary alicyclic amines) is 1. The average molecular weight is 229 g/mol. The Kier molecular flexibility index (Phi) is 4.92. The number of hydrogen-bond acceptors (Lipinski definition) is 4. The van der Waals surface area contributed by atoms with E-state index in [4.69, 9.17) is 14.6 Å². The number of rotatable bonds is 5. The fourth-order valence-corrected chi connectivity index (χ4v) is 1.77. The number of nitrogens with zero attached hydrogens (tertiary/aromatic N) is 1. The van der Waals surface area contributed by atoms with Gasteiger partial charge in [0.2, 0.25) is 0 Å². The van der Waals surface area contributed by atoms with E-state index in [9.17, 15) is 4.79 Å². The summed E-state index contributed by atoms with van der Waals surface area (Å²) in [7, 11) is 3.33. The molecule has 1 heterocycles. The Morgan fingerprint density at radius 1 is 1.38 bits per heavy atom. The molecule has 0 aliphatic carbocycles. The Morgan fingerprint density at radius 3 is 2.25 bits per heavy atom. The summed E-state index contributed by atoms with van der Waals surface area (Å²) in [5, 5.41) is 8.72. The zero-order chi connectivity index (χ0) is 12.1. The molecule has 0 amide bonds. The van der Waals surface area contributed by atoms with Crippen molar-refractivity contribution in [3.8, 4) is 0 Å². The van der Waals surface area contributed by atoms with E-state index in [0.717, 1.165) is 13.1 Å². The molecule has 5 nitrogen and oxygen atoms in total. The normalized spacial score (nSPS) is 27.3. The van der Waals surface area contributed by atoms with Gasteiger partial charge in [0.25, 0.3) is 0 Å². The summed E-state index contributed by atoms with van der Waals surface area (Å²) < 4.78 is 10.6. The van der Waals surface area contributed by atoms with Crippen LogP contribution in [0.15, 0.2) is 11.6 Å². The molecule has 1 aliphatic rings. The third kappa shape index (κ3) is 3.30. The van der Waals surface area contributed by atoms with Crippen molar-refractivity contribution < 1.29 is 19.4 Å². The second kappa shape index (κ2) is 5.98. The average Bonchev–Trinajstić information content (AvgIpc) is 2.67. The molecule has 1 aliphatic heterocycles. The number of aliphatic carboxylic acids is 1. The van der Waals surface area contributed by atoms with Crippen LogP contribution in [0, 0.1) is 0 Å². The molecule has 0 aromatic carbocycles. The van der Waals surface area contributed by atoms with Crippen LogP contribution in [-0.2, 0) is 14.3 Å². The lowest BCUT2D eigenvalue weighted by Gasteiger charge is -2.13. The SMILES string of the molecule is COC1CN(C/C=C(/C)C(=O)O)CC1OC. The molecule has 0 saturated carbocycles. The highest BCUT2D eigenvalue weighted by Crippen LogP contribution is 2.15. The van der Waals surface area contributed by atoms with Crippen LogP contribution in [0.3, 0.4) is 0 Å². The quantitative estimate of drug-likeness (QED) is 0.690. The number of carbonyl (C=O) groups is 1.